The molecule has 0 heterocycles. The molecule has 154 valence electrons. The highest BCUT2D eigenvalue weighted by molar-refractivity contribution is 5.97. The minimum absolute atomic E-state index is 0.308. The third-order valence-corrected chi connectivity index (χ3v) is 3.93. The Kier molecular flexibility index (Phi) is 8.69. The number of hydrogen-bond acceptors (Lipinski definition) is 5. The summed E-state index contributed by atoms with van der Waals surface area (Å²) in [5.41, 5.74) is 1.20. The van der Waals surface area contributed by atoms with Crippen LogP contribution < -0.4 is 15.4 Å². The summed E-state index contributed by atoms with van der Waals surface area (Å²) in [5.74, 6) is -0.123. The molecule has 0 aromatic heterocycles. The molecule has 3 amide bonds. The molecule has 7 nitrogen and oxygen atoms in total. The van der Waals surface area contributed by atoms with Crippen LogP contribution in [0.1, 0.15) is 36.2 Å². The highest BCUT2D eigenvalue weighted by atomic mass is 16.5. The number of amides is 3. The van der Waals surface area contributed by atoms with Crippen LogP contribution in [0.4, 0.5) is 4.79 Å². The smallest absolute Gasteiger partial charge is 0.338 e. The average molecular weight is 398 g/mol. The second kappa shape index (κ2) is 11.5. The highest BCUT2D eigenvalue weighted by Gasteiger charge is 2.12. The molecule has 29 heavy (non-hydrogen) atoms. The van der Waals surface area contributed by atoms with Gasteiger partial charge in [0.05, 0.1) is 5.56 Å². The molecule has 0 fully saturated rings. The maximum absolute atomic E-state index is 12.0. The maximum Gasteiger partial charge on any atom is 0.338 e. The molecular formula is C22H26N2O5. The Morgan fingerprint density at radius 1 is 0.966 bits per heavy atom. The van der Waals surface area contributed by atoms with Crippen LogP contribution >= 0.6 is 0 Å². The first kappa shape index (κ1) is 21.9. The molecule has 2 N–H and O–H groups in total. The van der Waals surface area contributed by atoms with Crippen molar-refractivity contribution in [1.82, 2.24) is 10.6 Å². The summed E-state index contributed by atoms with van der Waals surface area (Å²) < 4.78 is 10.6. The Labute approximate surface area is 170 Å². The Morgan fingerprint density at radius 2 is 1.66 bits per heavy atom. The molecule has 0 saturated carbocycles. The first-order valence-corrected chi connectivity index (χ1v) is 9.45. The van der Waals surface area contributed by atoms with Crippen molar-refractivity contribution in [2.45, 2.75) is 26.9 Å². The SMILES string of the molecule is CC(C)CCNC(=O)NC(=O)COC(=O)c1ccc(COc2ccccc2)cc1. The van der Waals surface area contributed by atoms with E-state index in [4.69, 9.17) is 9.47 Å². The number of ether oxygens (including phenoxy) is 2. The van der Waals surface area contributed by atoms with Crippen molar-refractivity contribution in [3.8, 4) is 5.75 Å². The van der Waals surface area contributed by atoms with Gasteiger partial charge in [-0.15, -0.1) is 0 Å². The number of carbonyl (C=O) groups excluding carboxylic acids is 3. The zero-order chi connectivity index (χ0) is 21.1. The van der Waals surface area contributed by atoms with E-state index in [1.54, 1.807) is 24.3 Å². The number of para-hydroxylation sites is 1. The first-order chi connectivity index (χ1) is 13.9. The highest BCUT2D eigenvalue weighted by Crippen LogP contribution is 2.12. The van der Waals surface area contributed by atoms with Crippen LogP contribution in [0.25, 0.3) is 0 Å². The van der Waals surface area contributed by atoms with Crippen molar-refractivity contribution in [2.75, 3.05) is 13.2 Å². The largest absolute Gasteiger partial charge is 0.489 e. The number of nitrogens with one attached hydrogen (secondary N) is 2. The number of urea groups is 1. The van der Waals surface area contributed by atoms with Crippen LogP contribution in [-0.2, 0) is 16.1 Å². The van der Waals surface area contributed by atoms with Crippen LogP contribution in [0.3, 0.4) is 0 Å². The van der Waals surface area contributed by atoms with Crippen LogP contribution in [0.2, 0.25) is 0 Å². The van der Waals surface area contributed by atoms with E-state index in [1.807, 2.05) is 44.2 Å². The lowest BCUT2D eigenvalue weighted by Gasteiger charge is -2.09. The number of esters is 1. The van der Waals surface area contributed by atoms with Gasteiger partial charge in [0.15, 0.2) is 6.61 Å². The van der Waals surface area contributed by atoms with Gasteiger partial charge in [-0.05, 0) is 42.2 Å². The van der Waals surface area contributed by atoms with E-state index >= 15 is 0 Å². The van der Waals surface area contributed by atoms with E-state index in [2.05, 4.69) is 10.6 Å². The van der Waals surface area contributed by atoms with Crippen molar-refractivity contribution in [1.29, 1.82) is 0 Å². The molecule has 2 aromatic rings. The summed E-state index contributed by atoms with van der Waals surface area (Å²) >= 11 is 0. The van der Waals surface area contributed by atoms with E-state index < -0.39 is 24.5 Å². The van der Waals surface area contributed by atoms with Gasteiger partial charge in [-0.25, -0.2) is 9.59 Å². The Balaban J connectivity index is 1.71. The summed E-state index contributed by atoms with van der Waals surface area (Å²) in [6.07, 6.45) is 0.809. The summed E-state index contributed by atoms with van der Waals surface area (Å²) in [6, 6.07) is 15.5. The lowest BCUT2D eigenvalue weighted by molar-refractivity contribution is -0.123. The van der Waals surface area contributed by atoms with Crippen LogP contribution in [0.15, 0.2) is 54.6 Å². The predicted octanol–water partition coefficient (Wildman–Crippen LogP) is 3.29. The van der Waals surface area contributed by atoms with Crippen LogP contribution in [-0.4, -0.2) is 31.1 Å². The molecule has 0 radical (unpaired) electrons. The zero-order valence-corrected chi connectivity index (χ0v) is 16.6. The van der Waals surface area contributed by atoms with Crippen molar-refractivity contribution < 1.29 is 23.9 Å². The first-order valence-electron chi connectivity index (χ1n) is 9.45. The number of carbonyl (C=O) groups is 3. The molecule has 0 aliphatic rings. The lowest BCUT2D eigenvalue weighted by Crippen LogP contribution is -2.41. The third kappa shape index (κ3) is 8.47. The van der Waals surface area contributed by atoms with Gasteiger partial charge in [0.1, 0.15) is 12.4 Å². The van der Waals surface area contributed by atoms with Crippen molar-refractivity contribution in [2.24, 2.45) is 5.92 Å². The van der Waals surface area contributed by atoms with Gasteiger partial charge >= 0.3 is 12.0 Å². The average Bonchev–Trinajstić information content (AvgIpc) is 2.71. The number of rotatable bonds is 9. The Morgan fingerprint density at radius 3 is 2.31 bits per heavy atom. The van der Waals surface area contributed by atoms with Crippen molar-refractivity contribution in [3.63, 3.8) is 0 Å². The second-order valence-corrected chi connectivity index (χ2v) is 6.86. The summed E-state index contributed by atoms with van der Waals surface area (Å²) in [5, 5.41) is 4.69. The minimum Gasteiger partial charge on any atom is -0.489 e. The van der Waals surface area contributed by atoms with E-state index in [1.165, 1.54) is 0 Å². The number of benzene rings is 2. The fourth-order valence-electron chi connectivity index (χ4n) is 2.32. The Bertz CT molecular complexity index is 804. The number of hydrogen-bond donors (Lipinski definition) is 2. The van der Waals surface area contributed by atoms with Crippen LogP contribution in [0.5, 0.6) is 5.75 Å². The molecule has 2 aromatic carbocycles. The quantitative estimate of drug-likeness (QED) is 0.632. The maximum atomic E-state index is 12.0. The van der Waals surface area contributed by atoms with Gasteiger partial charge in [0.2, 0.25) is 0 Å². The van der Waals surface area contributed by atoms with Gasteiger partial charge in [0.25, 0.3) is 5.91 Å². The van der Waals surface area contributed by atoms with Crippen molar-refractivity contribution >= 4 is 17.9 Å². The lowest BCUT2D eigenvalue weighted by atomic mass is 10.1. The molecular weight excluding hydrogens is 372 g/mol. The fraction of sp³-hybridized carbons (Fsp3) is 0.318. The van der Waals surface area contributed by atoms with Gasteiger partial charge in [-0.1, -0.05) is 44.2 Å². The molecule has 0 aliphatic carbocycles. The zero-order valence-electron chi connectivity index (χ0n) is 16.6. The Hall–Kier alpha value is -3.35. The van der Waals surface area contributed by atoms with Gasteiger partial charge < -0.3 is 14.8 Å². The molecule has 0 atom stereocenters. The molecule has 0 bridgehead atoms. The van der Waals surface area contributed by atoms with E-state index in [-0.39, 0.29) is 0 Å². The molecule has 7 heteroatoms. The molecule has 0 saturated heterocycles. The third-order valence-electron chi connectivity index (χ3n) is 3.93. The van der Waals surface area contributed by atoms with Gasteiger partial charge in [0, 0.05) is 6.54 Å². The van der Waals surface area contributed by atoms with E-state index in [0.717, 1.165) is 17.7 Å². The predicted molar refractivity (Wildman–Crippen MR) is 108 cm³/mol. The minimum atomic E-state index is -0.687. The van der Waals surface area contributed by atoms with E-state index in [9.17, 15) is 14.4 Å². The fourth-order valence-corrected chi connectivity index (χ4v) is 2.32. The topological polar surface area (TPSA) is 93.7 Å². The molecule has 0 aliphatic heterocycles. The van der Waals surface area contributed by atoms with E-state index in [0.29, 0.717) is 24.6 Å². The summed E-state index contributed by atoms with van der Waals surface area (Å²) in [7, 11) is 0. The summed E-state index contributed by atoms with van der Waals surface area (Å²) in [4.78, 5) is 35.3. The normalized spacial score (nSPS) is 10.3. The van der Waals surface area contributed by atoms with Crippen LogP contribution in [0, 0.1) is 5.92 Å². The molecule has 2 rings (SSSR count). The second-order valence-electron chi connectivity index (χ2n) is 6.86. The standard InChI is InChI=1S/C22H26N2O5/c1-16(2)12-13-23-22(27)24-20(25)15-29-21(26)18-10-8-17(9-11-18)14-28-19-6-4-3-5-7-19/h3-11,16H,12-15H2,1-2H3,(H2,23,24,25,27). The van der Waals surface area contributed by atoms with Crippen molar-refractivity contribution in [3.05, 3.63) is 65.7 Å². The molecule has 0 unspecified atom stereocenters. The molecule has 0 spiro atoms. The summed E-state index contributed by atoms with van der Waals surface area (Å²) in [6.45, 7) is 4.37. The van der Waals surface area contributed by atoms with Gasteiger partial charge in [-0.3, -0.25) is 10.1 Å². The number of imide groups is 1. The monoisotopic (exact) mass is 398 g/mol. The van der Waals surface area contributed by atoms with Gasteiger partial charge in [-0.2, -0.15) is 0 Å².